The molecular weight excluding hydrogens is 464 g/mol. The molecule has 1 aromatic carbocycles. The van der Waals surface area contributed by atoms with Gasteiger partial charge in [0, 0.05) is 20.1 Å². The highest BCUT2D eigenvalue weighted by molar-refractivity contribution is 14.0. The van der Waals surface area contributed by atoms with Gasteiger partial charge < -0.3 is 24.5 Å². The zero-order valence-electron chi connectivity index (χ0n) is 16.0. The van der Waals surface area contributed by atoms with Gasteiger partial charge in [0.1, 0.15) is 11.4 Å². The van der Waals surface area contributed by atoms with Gasteiger partial charge in [-0.15, -0.1) is 24.0 Å². The summed E-state index contributed by atoms with van der Waals surface area (Å²) in [4.78, 5) is 6.36. The molecule has 6 nitrogen and oxygen atoms in total. The molecule has 1 unspecified atom stereocenters. The van der Waals surface area contributed by atoms with Gasteiger partial charge >= 0.3 is 0 Å². The molecule has 2 N–H and O–H groups in total. The molecule has 0 aliphatic carbocycles. The molecule has 27 heavy (non-hydrogen) atoms. The second-order valence-corrected chi connectivity index (χ2v) is 6.25. The summed E-state index contributed by atoms with van der Waals surface area (Å²) in [6.45, 7) is 4.86. The molecule has 2 aromatic rings. The lowest BCUT2D eigenvalue weighted by Crippen LogP contribution is -2.39. The van der Waals surface area contributed by atoms with E-state index in [1.807, 2.05) is 18.9 Å². The van der Waals surface area contributed by atoms with E-state index in [1.165, 1.54) is 19.4 Å². The summed E-state index contributed by atoms with van der Waals surface area (Å²) >= 11 is 0. The number of aliphatic imine (C=N–C) groups is 1. The van der Waals surface area contributed by atoms with Crippen molar-refractivity contribution in [2.24, 2.45) is 4.99 Å². The fourth-order valence-electron chi connectivity index (χ4n) is 2.52. The Labute approximate surface area is 176 Å². The number of nitrogens with zero attached hydrogens (tertiary/aromatic N) is 2. The third-order valence-electron chi connectivity index (χ3n) is 3.92. The monoisotopic (exact) mass is 491 g/mol. The molecule has 0 saturated heterocycles. The Morgan fingerprint density at radius 1 is 1.41 bits per heavy atom. The normalized spacial score (nSPS) is 13.5. The van der Waals surface area contributed by atoms with E-state index in [9.17, 15) is 9.50 Å². The van der Waals surface area contributed by atoms with Gasteiger partial charge in [0.15, 0.2) is 17.5 Å². The van der Waals surface area contributed by atoms with Crippen molar-refractivity contribution in [1.82, 2.24) is 10.2 Å². The van der Waals surface area contributed by atoms with Crippen LogP contribution in [-0.2, 0) is 12.1 Å². The van der Waals surface area contributed by atoms with E-state index in [1.54, 1.807) is 31.2 Å². The number of guanidine groups is 1. The van der Waals surface area contributed by atoms with Crippen LogP contribution in [0.2, 0.25) is 0 Å². The first kappa shape index (κ1) is 23.2. The summed E-state index contributed by atoms with van der Waals surface area (Å²) in [5.41, 5.74) is -0.425. The van der Waals surface area contributed by atoms with Crippen molar-refractivity contribution in [2.75, 3.05) is 27.2 Å². The zero-order valence-corrected chi connectivity index (χ0v) is 18.4. The largest absolute Gasteiger partial charge is 0.494 e. The van der Waals surface area contributed by atoms with Gasteiger partial charge in [0.25, 0.3) is 0 Å². The number of hydrogen-bond donors (Lipinski definition) is 2. The maximum Gasteiger partial charge on any atom is 0.194 e. The highest BCUT2D eigenvalue weighted by Crippen LogP contribution is 2.21. The number of aliphatic hydroxyl groups is 1. The van der Waals surface area contributed by atoms with Gasteiger partial charge in [-0.05, 0) is 43.7 Å². The molecule has 0 aliphatic rings. The van der Waals surface area contributed by atoms with Crippen LogP contribution in [0.25, 0.3) is 0 Å². The maximum absolute atomic E-state index is 13.9. The van der Waals surface area contributed by atoms with E-state index >= 15 is 0 Å². The van der Waals surface area contributed by atoms with E-state index in [0.717, 1.165) is 5.56 Å². The van der Waals surface area contributed by atoms with Crippen LogP contribution < -0.4 is 10.1 Å². The maximum atomic E-state index is 13.9. The molecule has 0 saturated carbocycles. The predicted octanol–water partition coefficient (Wildman–Crippen LogP) is 3.35. The highest BCUT2D eigenvalue weighted by Gasteiger charge is 2.26. The van der Waals surface area contributed by atoms with Crippen molar-refractivity contribution >= 4 is 29.9 Å². The van der Waals surface area contributed by atoms with Crippen LogP contribution in [0.5, 0.6) is 5.75 Å². The zero-order chi connectivity index (χ0) is 19.2. The molecule has 150 valence electrons. The number of hydrogen-bond acceptors (Lipinski definition) is 4. The van der Waals surface area contributed by atoms with Crippen LogP contribution in [0, 0.1) is 5.82 Å². The molecule has 1 heterocycles. The minimum absolute atomic E-state index is 0. The van der Waals surface area contributed by atoms with Crippen LogP contribution >= 0.6 is 24.0 Å². The van der Waals surface area contributed by atoms with Gasteiger partial charge in [0.2, 0.25) is 0 Å². The topological polar surface area (TPSA) is 70.2 Å². The first-order chi connectivity index (χ1) is 12.4. The molecule has 8 heteroatoms. The van der Waals surface area contributed by atoms with E-state index in [0.29, 0.717) is 24.8 Å². The number of halogens is 2. The van der Waals surface area contributed by atoms with Gasteiger partial charge in [-0.25, -0.2) is 9.38 Å². The first-order valence-corrected chi connectivity index (χ1v) is 8.45. The van der Waals surface area contributed by atoms with Crippen LogP contribution in [0.4, 0.5) is 4.39 Å². The van der Waals surface area contributed by atoms with Crippen molar-refractivity contribution < 1.29 is 18.7 Å². The van der Waals surface area contributed by atoms with Crippen LogP contribution in [-0.4, -0.2) is 43.2 Å². The summed E-state index contributed by atoms with van der Waals surface area (Å²) in [5.74, 6) is 0.875. The third-order valence-corrected chi connectivity index (χ3v) is 3.92. The van der Waals surface area contributed by atoms with Crippen molar-refractivity contribution in [3.8, 4) is 5.75 Å². The third kappa shape index (κ3) is 6.39. The molecule has 0 fully saturated rings. The molecule has 0 aliphatic heterocycles. The summed E-state index contributed by atoms with van der Waals surface area (Å²) in [7, 11) is 3.29. The summed E-state index contributed by atoms with van der Waals surface area (Å²) in [6, 6.07) is 8.29. The van der Waals surface area contributed by atoms with Gasteiger partial charge in [0.05, 0.1) is 19.9 Å². The van der Waals surface area contributed by atoms with Crippen molar-refractivity contribution in [2.45, 2.75) is 26.0 Å². The number of methoxy groups -OCH3 is 1. The Hall–Kier alpha value is -1.81. The van der Waals surface area contributed by atoms with Crippen LogP contribution in [0.15, 0.2) is 46.0 Å². The average Bonchev–Trinajstić information content (AvgIpc) is 3.14. The molecule has 0 bridgehead atoms. The molecule has 1 aromatic heterocycles. The molecule has 2 rings (SSSR count). The first-order valence-electron chi connectivity index (χ1n) is 8.45. The Morgan fingerprint density at radius 2 is 2.15 bits per heavy atom. The lowest BCUT2D eigenvalue weighted by molar-refractivity contribution is 0.0435. The predicted molar refractivity (Wildman–Crippen MR) is 114 cm³/mol. The van der Waals surface area contributed by atoms with Gasteiger partial charge in [-0.3, -0.25) is 0 Å². The van der Waals surface area contributed by atoms with Crippen molar-refractivity contribution in [1.29, 1.82) is 0 Å². The number of benzene rings is 1. The van der Waals surface area contributed by atoms with Crippen molar-refractivity contribution in [3.63, 3.8) is 0 Å². The SMILES string of the molecule is CCNC(=NCC(C)(O)c1ccco1)N(C)Cc1ccc(OC)c(F)c1.I. The van der Waals surface area contributed by atoms with Crippen LogP contribution in [0.1, 0.15) is 25.2 Å². The number of nitrogens with one attached hydrogen (secondary N) is 1. The molecule has 0 radical (unpaired) electrons. The lowest BCUT2D eigenvalue weighted by Gasteiger charge is -2.24. The molecule has 0 spiro atoms. The Balaban J connectivity index is 0.00000364. The Bertz CT molecular complexity index is 736. The molecule has 0 amide bonds. The standard InChI is InChI=1S/C19H26FN3O3.HI/c1-5-21-18(22-13-19(2,24)17-7-6-10-26-17)23(3)12-14-8-9-16(25-4)15(20)11-14;/h6-11,24H,5,12-13H2,1-4H3,(H,21,22);1H. The second-order valence-electron chi connectivity index (χ2n) is 6.25. The number of furan rings is 1. The van der Waals surface area contributed by atoms with E-state index in [2.05, 4.69) is 10.3 Å². The van der Waals surface area contributed by atoms with Crippen LogP contribution in [0.3, 0.4) is 0 Å². The fraction of sp³-hybridized carbons (Fsp3) is 0.421. The Kier molecular flexibility index (Phi) is 9.04. The van der Waals surface area contributed by atoms with Gasteiger partial charge in [-0.2, -0.15) is 0 Å². The number of ether oxygens (including phenoxy) is 1. The fourth-order valence-corrected chi connectivity index (χ4v) is 2.52. The quantitative estimate of drug-likeness (QED) is 0.353. The number of rotatable bonds is 7. The van der Waals surface area contributed by atoms with E-state index in [-0.39, 0.29) is 36.3 Å². The van der Waals surface area contributed by atoms with Crippen molar-refractivity contribution in [3.05, 3.63) is 53.7 Å². The molecule has 1 atom stereocenters. The minimum atomic E-state index is -1.21. The minimum Gasteiger partial charge on any atom is -0.494 e. The molecular formula is C19H27FIN3O3. The average molecular weight is 491 g/mol. The highest BCUT2D eigenvalue weighted by atomic mass is 127. The summed E-state index contributed by atoms with van der Waals surface area (Å²) in [5, 5.41) is 13.7. The second kappa shape index (κ2) is 10.5. The smallest absolute Gasteiger partial charge is 0.194 e. The summed E-state index contributed by atoms with van der Waals surface area (Å²) < 4.78 is 24.1. The summed E-state index contributed by atoms with van der Waals surface area (Å²) in [6.07, 6.45) is 1.52. The van der Waals surface area contributed by atoms with Gasteiger partial charge in [-0.1, -0.05) is 6.07 Å². The Morgan fingerprint density at radius 3 is 2.70 bits per heavy atom. The lowest BCUT2D eigenvalue weighted by atomic mass is 10.0. The van der Waals surface area contributed by atoms with E-state index < -0.39 is 11.4 Å². The van der Waals surface area contributed by atoms with E-state index in [4.69, 9.17) is 9.15 Å².